The molecule has 0 spiro atoms. The minimum atomic E-state index is -4.63. The molecule has 2 amide bonds. The summed E-state index contributed by atoms with van der Waals surface area (Å²) in [7, 11) is 0. The minimum Gasteiger partial charge on any atom is -0.424 e. The number of ether oxygens (including phenoxy) is 1. The largest absolute Gasteiger partial charge is 0.424 e. The van der Waals surface area contributed by atoms with E-state index in [2.05, 4.69) is 35.9 Å². The third-order valence-corrected chi connectivity index (χ3v) is 5.79. The van der Waals surface area contributed by atoms with Crippen molar-refractivity contribution in [2.45, 2.75) is 13.1 Å². The summed E-state index contributed by atoms with van der Waals surface area (Å²) in [5.74, 6) is 0.500. The molecule has 3 N–H and O–H groups in total. The van der Waals surface area contributed by atoms with Gasteiger partial charge in [-0.1, -0.05) is 22.9 Å². The average molecular weight is 536 g/mol. The molecule has 14 heteroatoms. The Bertz CT molecular complexity index is 1350. The Morgan fingerprint density at radius 3 is 2.42 bits per heavy atom. The van der Waals surface area contributed by atoms with Gasteiger partial charge in [0.1, 0.15) is 5.75 Å². The van der Waals surface area contributed by atoms with E-state index in [9.17, 15) is 18.0 Å². The van der Waals surface area contributed by atoms with Gasteiger partial charge < -0.3 is 20.7 Å². The van der Waals surface area contributed by atoms with Crippen LogP contribution in [0.4, 0.5) is 34.5 Å². The van der Waals surface area contributed by atoms with E-state index >= 15 is 0 Å². The van der Waals surface area contributed by atoms with Crippen molar-refractivity contribution in [2.75, 3.05) is 22.5 Å². The third-order valence-electron chi connectivity index (χ3n) is 4.48. The van der Waals surface area contributed by atoms with Gasteiger partial charge in [0.2, 0.25) is 0 Å². The second-order valence-corrected chi connectivity index (χ2v) is 8.47. The van der Waals surface area contributed by atoms with Gasteiger partial charge in [-0.05, 0) is 42.8 Å². The van der Waals surface area contributed by atoms with Crippen LogP contribution in [0.3, 0.4) is 0 Å². The van der Waals surface area contributed by atoms with Crippen molar-refractivity contribution in [1.29, 1.82) is 0 Å². The molecule has 0 bridgehead atoms. The lowest BCUT2D eigenvalue weighted by Gasteiger charge is -2.11. The summed E-state index contributed by atoms with van der Waals surface area (Å²) in [6.07, 6.45) is 0.293. The molecule has 0 aliphatic carbocycles. The van der Waals surface area contributed by atoms with E-state index in [0.29, 0.717) is 18.0 Å². The van der Waals surface area contributed by atoms with E-state index in [1.54, 1.807) is 29.7 Å². The van der Waals surface area contributed by atoms with Gasteiger partial charge in [-0.25, -0.2) is 24.7 Å². The van der Waals surface area contributed by atoms with Crippen LogP contribution in [0.2, 0.25) is 5.15 Å². The molecular weight excluding hydrogens is 519 g/mol. The van der Waals surface area contributed by atoms with E-state index in [-0.39, 0.29) is 22.5 Å². The molecular formula is C22H17ClF3N7O2S. The number of carbonyl (C=O) groups is 1. The SMILES string of the molecule is CCNc1ncc(-c2ccc(Oc3ncc(NC(=O)Nc4cc(C(F)(F)F)cnc4Cl)cn3)cc2)s1. The number of halogens is 4. The predicted octanol–water partition coefficient (Wildman–Crippen LogP) is 6.54. The molecule has 0 saturated carbocycles. The Morgan fingerprint density at radius 1 is 1.03 bits per heavy atom. The standard InChI is InChI=1S/C22H17ClF3N7O2S/c1-2-27-21-31-11-17(36-21)12-3-5-15(6-4-12)35-20-29-9-14(10-30-20)32-19(34)33-16-7-13(22(24,25)26)8-28-18(16)23/h3-11H,2H2,1H3,(H,27,31)(H2,32,33,34). The van der Waals surface area contributed by atoms with Crippen molar-refractivity contribution in [1.82, 2.24) is 19.9 Å². The zero-order valence-corrected chi connectivity index (χ0v) is 20.0. The summed E-state index contributed by atoms with van der Waals surface area (Å²) in [6, 6.07) is 7.15. The van der Waals surface area contributed by atoms with Crippen LogP contribution in [0.15, 0.2) is 55.1 Å². The number of nitrogens with zero attached hydrogens (tertiary/aromatic N) is 4. The summed E-state index contributed by atoms with van der Waals surface area (Å²) in [5, 5.41) is 8.33. The fourth-order valence-corrected chi connectivity index (χ4v) is 3.88. The van der Waals surface area contributed by atoms with E-state index < -0.39 is 17.8 Å². The highest BCUT2D eigenvalue weighted by molar-refractivity contribution is 7.18. The molecule has 0 aliphatic rings. The first kappa shape index (κ1) is 25.1. The van der Waals surface area contributed by atoms with Crippen LogP contribution in [0.1, 0.15) is 12.5 Å². The maximum absolute atomic E-state index is 12.9. The number of rotatable bonds is 7. The van der Waals surface area contributed by atoms with Crippen LogP contribution in [0, 0.1) is 0 Å². The summed E-state index contributed by atoms with van der Waals surface area (Å²) in [6.45, 7) is 2.79. The number of alkyl halides is 3. The lowest BCUT2D eigenvalue weighted by Crippen LogP contribution is -2.20. The topological polar surface area (TPSA) is 114 Å². The van der Waals surface area contributed by atoms with Crippen molar-refractivity contribution in [3.8, 4) is 22.2 Å². The number of anilines is 3. The Hall–Kier alpha value is -3.97. The van der Waals surface area contributed by atoms with Gasteiger partial charge in [-0.15, -0.1) is 0 Å². The lowest BCUT2D eigenvalue weighted by atomic mass is 10.2. The fourth-order valence-electron chi connectivity index (χ4n) is 2.84. The number of hydrogen-bond donors (Lipinski definition) is 3. The second-order valence-electron chi connectivity index (χ2n) is 7.08. The zero-order valence-electron chi connectivity index (χ0n) is 18.4. The van der Waals surface area contributed by atoms with Gasteiger partial charge in [-0.3, -0.25) is 0 Å². The van der Waals surface area contributed by atoms with Crippen molar-refractivity contribution >= 4 is 45.5 Å². The van der Waals surface area contributed by atoms with Gasteiger partial charge in [-0.2, -0.15) is 13.2 Å². The van der Waals surface area contributed by atoms with Gasteiger partial charge in [0, 0.05) is 18.9 Å². The van der Waals surface area contributed by atoms with Crippen LogP contribution < -0.4 is 20.7 Å². The van der Waals surface area contributed by atoms with Gasteiger partial charge in [0.25, 0.3) is 0 Å². The Labute approximate surface area is 211 Å². The van der Waals surface area contributed by atoms with Crippen LogP contribution in [-0.2, 0) is 6.18 Å². The number of hydrogen-bond acceptors (Lipinski definition) is 8. The van der Waals surface area contributed by atoms with Crippen molar-refractivity contribution in [3.63, 3.8) is 0 Å². The van der Waals surface area contributed by atoms with Gasteiger partial charge in [0.15, 0.2) is 10.3 Å². The first-order valence-corrected chi connectivity index (χ1v) is 11.5. The highest BCUT2D eigenvalue weighted by atomic mass is 35.5. The first-order valence-electron chi connectivity index (χ1n) is 10.3. The van der Waals surface area contributed by atoms with Crippen LogP contribution >= 0.6 is 22.9 Å². The number of urea groups is 1. The number of benzene rings is 1. The van der Waals surface area contributed by atoms with Crippen LogP contribution in [0.5, 0.6) is 11.8 Å². The molecule has 0 unspecified atom stereocenters. The Morgan fingerprint density at radius 2 is 1.75 bits per heavy atom. The van der Waals surface area contributed by atoms with E-state index in [0.717, 1.165) is 22.1 Å². The minimum absolute atomic E-state index is 0.0334. The molecule has 4 aromatic rings. The molecule has 9 nitrogen and oxygen atoms in total. The fraction of sp³-hybridized carbons (Fsp3) is 0.136. The maximum Gasteiger partial charge on any atom is 0.417 e. The number of pyridine rings is 1. The Balaban J connectivity index is 1.35. The quantitative estimate of drug-likeness (QED) is 0.230. The molecule has 0 saturated heterocycles. The number of nitrogens with one attached hydrogen (secondary N) is 3. The van der Waals surface area contributed by atoms with E-state index in [1.807, 2.05) is 19.1 Å². The summed E-state index contributed by atoms with van der Waals surface area (Å²) in [4.78, 5) is 29.0. The number of carbonyl (C=O) groups excluding carboxylic acids is 1. The maximum atomic E-state index is 12.9. The highest BCUT2D eigenvalue weighted by Gasteiger charge is 2.31. The molecule has 1 aromatic carbocycles. The summed E-state index contributed by atoms with van der Waals surface area (Å²) >= 11 is 7.32. The van der Waals surface area contributed by atoms with Crippen LogP contribution in [-0.4, -0.2) is 32.5 Å². The summed E-state index contributed by atoms with van der Waals surface area (Å²) < 4.78 is 44.2. The molecule has 3 heterocycles. The van der Waals surface area contributed by atoms with Gasteiger partial charge in [0.05, 0.1) is 34.2 Å². The molecule has 0 radical (unpaired) electrons. The number of amides is 2. The molecule has 0 fully saturated rings. The van der Waals surface area contributed by atoms with Crippen LogP contribution in [0.25, 0.3) is 10.4 Å². The normalized spacial score (nSPS) is 11.1. The first-order chi connectivity index (χ1) is 17.2. The van der Waals surface area contributed by atoms with Crippen molar-refractivity contribution < 1.29 is 22.7 Å². The van der Waals surface area contributed by atoms with Gasteiger partial charge >= 0.3 is 18.2 Å². The molecule has 36 heavy (non-hydrogen) atoms. The molecule has 4 rings (SSSR count). The van der Waals surface area contributed by atoms with Crippen molar-refractivity contribution in [3.05, 3.63) is 65.8 Å². The molecule has 186 valence electrons. The zero-order chi connectivity index (χ0) is 25.7. The van der Waals surface area contributed by atoms with Crippen molar-refractivity contribution in [2.24, 2.45) is 0 Å². The molecule has 3 aromatic heterocycles. The third kappa shape index (κ3) is 6.37. The molecule has 0 aliphatic heterocycles. The second kappa shape index (κ2) is 10.7. The van der Waals surface area contributed by atoms with E-state index in [1.165, 1.54) is 12.4 Å². The monoisotopic (exact) mass is 535 g/mol. The highest BCUT2D eigenvalue weighted by Crippen LogP contribution is 2.33. The predicted molar refractivity (Wildman–Crippen MR) is 131 cm³/mol. The Kier molecular flexibility index (Phi) is 7.50. The smallest absolute Gasteiger partial charge is 0.417 e. The van der Waals surface area contributed by atoms with E-state index in [4.69, 9.17) is 16.3 Å². The molecule has 0 atom stereocenters. The average Bonchev–Trinajstić information content (AvgIpc) is 3.30. The summed E-state index contributed by atoms with van der Waals surface area (Å²) in [5.41, 5.74) is -0.200. The number of aromatic nitrogens is 4. The lowest BCUT2D eigenvalue weighted by molar-refractivity contribution is -0.137. The number of thiazole rings is 1.